The molecule has 2 aliphatic rings. The predicted octanol–water partition coefficient (Wildman–Crippen LogP) is 3.38. The number of nitrogens with zero attached hydrogens (tertiary/aromatic N) is 1. The minimum absolute atomic E-state index is 0.0857. The Bertz CT molecular complexity index is 1080. The van der Waals surface area contributed by atoms with Crippen molar-refractivity contribution in [2.75, 3.05) is 13.2 Å². The molecule has 0 aromatic heterocycles. The number of hydrogen-bond acceptors (Lipinski definition) is 4. The Hall–Kier alpha value is -3.79. The molecule has 7 nitrogen and oxygen atoms in total. The Kier molecular flexibility index (Phi) is 6.64. The minimum atomic E-state index is -1.09. The van der Waals surface area contributed by atoms with E-state index in [0.717, 1.165) is 35.1 Å². The Labute approximate surface area is 192 Å². The molecular weight excluding hydrogens is 420 g/mol. The third kappa shape index (κ3) is 5.01. The number of carboxylic acids is 1. The van der Waals surface area contributed by atoms with Gasteiger partial charge in [-0.3, -0.25) is 9.59 Å². The highest BCUT2D eigenvalue weighted by molar-refractivity contribution is 5.89. The Morgan fingerprint density at radius 1 is 1.09 bits per heavy atom. The van der Waals surface area contributed by atoms with E-state index in [2.05, 4.69) is 29.3 Å². The second-order valence-electron chi connectivity index (χ2n) is 8.24. The van der Waals surface area contributed by atoms with E-state index in [-0.39, 0.29) is 25.0 Å². The van der Waals surface area contributed by atoms with E-state index in [1.807, 2.05) is 36.4 Å². The average molecular weight is 447 g/mol. The van der Waals surface area contributed by atoms with Crippen LogP contribution in [0, 0.1) is 11.8 Å². The number of carboxylic acid groups (broad SMARTS) is 1. The molecule has 1 fully saturated rings. The zero-order chi connectivity index (χ0) is 23.4. The number of carbonyl (C=O) groups is 3. The number of aliphatic carboxylic acids is 1. The number of fused-ring (bicyclic) bond motifs is 3. The van der Waals surface area contributed by atoms with Crippen molar-refractivity contribution in [1.29, 1.82) is 0 Å². The van der Waals surface area contributed by atoms with Gasteiger partial charge in [0.1, 0.15) is 19.2 Å². The van der Waals surface area contributed by atoms with Gasteiger partial charge < -0.3 is 20.1 Å². The van der Waals surface area contributed by atoms with Crippen molar-refractivity contribution >= 4 is 18.0 Å². The fraction of sp³-hybridized carbons (Fsp3) is 0.346. The third-order valence-electron chi connectivity index (χ3n) is 5.99. The first-order chi connectivity index (χ1) is 16.0. The Morgan fingerprint density at radius 3 is 2.24 bits per heavy atom. The van der Waals surface area contributed by atoms with Gasteiger partial charge >= 0.3 is 12.1 Å². The van der Waals surface area contributed by atoms with Crippen molar-refractivity contribution in [3.8, 4) is 23.0 Å². The van der Waals surface area contributed by atoms with Crippen molar-refractivity contribution in [3.05, 3.63) is 59.7 Å². The molecular formula is C26H26N2O5. The molecule has 2 aromatic carbocycles. The Morgan fingerprint density at radius 2 is 1.70 bits per heavy atom. The number of ether oxygens (including phenoxy) is 1. The maximum atomic E-state index is 13.0. The van der Waals surface area contributed by atoms with Gasteiger partial charge in [-0.2, -0.15) is 0 Å². The standard InChI is InChI=1S/C26H26N2O5/c1-2-3-12-23(25(31)28(15-24(29)30)17-13-14-17)27-26(32)33-16-22-20-10-6-4-8-18(20)19-9-5-7-11-21(19)22/h4-11,17,22-23H,12-16H2,1H3,(H,27,32)(H,29,30). The molecule has 2 amide bonds. The van der Waals surface area contributed by atoms with E-state index in [9.17, 15) is 19.5 Å². The molecule has 33 heavy (non-hydrogen) atoms. The lowest BCUT2D eigenvalue weighted by molar-refractivity contribution is -0.145. The van der Waals surface area contributed by atoms with Crippen molar-refractivity contribution in [2.24, 2.45) is 0 Å². The van der Waals surface area contributed by atoms with Crippen molar-refractivity contribution in [2.45, 2.75) is 44.2 Å². The summed E-state index contributed by atoms with van der Waals surface area (Å²) in [5.74, 6) is 3.90. The molecule has 4 rings (SSSR count). The summed E-state index contributed by atoms with van der Waals surface area (Å²) in [7, 11) is 0. The zero-order valence-corrected chi connectivity index (χ0v) is 18.4. The summed E-state index contributed by atoms with van der Waals surface area (Å²) in [6.07, 6.45) is 0.883. The molecule has 2 aliphatic carbocycles. The van der Waals surface area contributed by atoms with Crippen LogP contribution in [0.25, 0.3) is 11.1 Å². The van der Waals surface area contributed by atoms with Gasteiger partial charge in [0.15, 0.2) is 0 Å². The molecule has 1 unspecified atom stereocenters. The Balaban J connectivity index is 1.44. The van der Waals surface area contributed by atoms with Crippen LogP contribution in [-0.4, -0.2) is 53.2 Å². The molecule has 0 aliphatic heterocycles. The van der Waals surface area contributed by atoms with Crippen molar-refractivity contribution in [1.82, 2.24) is 10.2 Å². The number of nitrogens with one attached hydrogen (secondary N) is 1. The summed E-state index contributed by atoms with van der Waals surface area (Å²) < 4.78 is 5.55. The monoisotopic (exact) mass is 446 g/mol. The van der Waals surface area contributed by atoms with Gasteiger partial charge in [0.2, 0.25) is 5.91 Å². The highest BCUT2D eigenvalue weighted by Crippen LogP contribution is 2.44. The van der Waals surface area contributed by atoms with E-state index < -0.39 is 30.6 Å². The van der Waals surface area contributed by atoms with Crippen LogP contribution in [0.5, 0.6) is 0 Å². The maximum absolute atomic E-state index is 13.0. The number of rotatable bonds is 8. The first-order valence-corrected chi connectivity index (χ1v) is 11.0. The first-order valence-electron chi connectivity index (χ1n) is 11.0. The minimum Gasteiger partial charge on any atom is -0.480 e. The molecule has 0 radical (unpaired) electrons. The number of amides is 2. The van der Waals surface area contributed by atoms with Gasteiger partial charge in [0.25, 0.3) is 0 Å². The number of benzene rings is 2. The third-order valence-corrected chi connectivity index (χ3v) is 5.99. The highest BCUT2D eigenvalue weighted by atomic mass is 16.5. The van der Waals surface area contributed by atoms with Crippen LogP contribution in [0.1, 0.15) is 43.2 Å². The van der Waals surface area contributed by atoms with Gasteiger partial charge in [0.05, 0.1) is 0 Å². The van der Waals surface area contributed by atoms with E-state index in [4.69, 9.17) is 4.74 Å². The molecule has 170 valence electrons. The molecule has 1 atom stereocenters. The largest absolute Gasteiger partial charge is 0.480 e. The van der Waals surface area contributed by atoms with Crippen LogP contribution in [0.3, 0.4) is 0 Å². The van der Waals surface area contributed by atoms with Gasteiger partial charge in [-0.25, -0.2) is 4.79 Å². The molecule has 2 aromatic rings. The number of alkyl carbamates (subject to hydrolysis) is 1. The number of hydrogen-bond donors (Lipinski definition) is 2. The second kappa shape index (κ2) is 9.78. The molecule has 0 heterocycles. The van der Waals surface area contributed by atoms with Crippen molar-refractivity contribution in [3.63, 3.8) is 0 Å². The fourth-order valence-electron chi connectivity index (χ4n) is 4.31. The summed E-state index contributed by atoms with van der Waals surface area (Å²) in [5.41, 5.74) is 4.44. The lowest BCUT2D eigenvalue weighted by Crippen LogP contribution is -2.50. The lowest BCUT2D eigenvalue weighted by Gasteiger charge is -2.25. The molecule has 7 heteroatoms. The number of carbonyl (C=O) groups excluding carboxylic acids is 2. The topological polar surface area (TPSA) is 95.9 Å². The lowest BCUT2D eigenvalue weighted by atomic mass is 9.98. The zero-order valence-electron chi connectivity index (χ0n) is 18.4. The fourth-order valence-corrected chi connectivity index (χ4v) is 4.31. The van der Waals surface area contributed by atoms with Crippen LogP contribution in [0.2, 0.25) is 0 Å². The van der Waals surface area contributed by atoms with Crippen LogP contribution in [0.4, 0.5) is 4.79 Å². The summed E-state index contributed by atoms with van der Waals surface area (Å²) in [4.78, 5) is 38.2. The summed E-state index contributed by atoms with van der Waals surface area (Å²) in [6, 6.07) is 15.0. The molecule has 2 N–H and O–H groups in total. The van der Waals surface area contributed by atoms with Gasteiger partial charge in [-0.05, 0) is 42.0 Å². The van der Waals surface area contributed by atoms with Crippen LogP contribution < -0.4 is 5.32 Å². The van der Waals surface area contributed by atoms with Gasteiger partial charge in [-0.1, -0.05) is 48.5 Å². The smallest absolute Gasteiger partial charge is 0.407 e. The normalized spacial score (nSPS) is 14.8. The van der Waals surface area contributed by atoms with Crippen LogP contribution in [-0.2, 0) is 14.3 Å². The maximum Gasteiger partial charge on any atom is 0.407 e. The predicted molar refractivity (Wildman–Crippen MR) is 122 cm³/mol. The average Bonchev–Trinajstić information content (AvgIpc) is 3.61. The first kappa shape index (κ1) is 22.4. The van der Waals surface area contributed by atoms with Crippen LogP contribution in [0.15, 0.2) is 48.5 Å². The van der Waals surface area contributed by atoms with Gasteiger partial charge in [-0.15, -0.1) is 11.8 Å². The molecule has 0 saturated heterocycles. The molecule has 1 saturated carbocycles. The van der Waals surface area contributed by atoms with Crippen LogP contribution >= 0.6 is 0 Å². The van der Waals surface area contributed by atoms with Gasteiger partial charge in [0, 0.05) is 18.4 Å². The van der Waals surface area contributed by atoms with Crippen molar-refractivity contribution < 1.29 is 24.2 Å². The van der Waals surface area contributed by atoms with E-state index >= 15 is 0 Å². The summed E-state index contributed by atoms with van der Waals surface area (Å²) in [5, 5.41) is 11.8. The summed E-state index contributed by atoms with van der Waals surface area (Å²) in [6.45, 7) is 1.37. The van der Waals surface area contributed by atoms with E-state index in [1.54, 1.807) is 6.92 Å². The highest BCUT2D eigenvalue weighted by Gasteiger charge is 2.37. The quantitative estimate of drug-likeness (QED) is 0.606. The van der Waals surface area contributed by atoms with E-state index in [1.165, 1.54) is 4.90 Å². The molecule has 0 bridgehead atoms. The summed E-state index contributed by atoms with van der Waals surface area (Å²) >= 11 is 0. The SMILES string of the molecule is CC#CCC(NC(=O)OCC1c2ccccc2-c2ccccc21)C(=O)N(CC(=O)O)C1CC1. The second-order valence-corrected chi connectivity index (χ2v) is 8.24. The molecule has 0 spiro atoms. The van der Waals surface area contributed by atoms with E-state index in [0.29, 0.717) is 0 Å².